The van der Waals surface area contributed by atoms with Crippen LogP contribution in [-0.2, 0) is 21.7 Å². The first-order chi connectivity index (χ1) is 16.7. The third-order valence-electron chi connectivity index (χ3n) is 10.0. The number of benzene rings is 2. The molecule has 0 saturated heterocycles. The SMILES string of the molecule is CC(C)(C)[N-][Si](C)(C)[c-]1c2cc3c(cc2c2cc4c(cc21)C(C)(C)CCC4(C)C)C(C)(C)CCC3(C)C.[Li+].[Li+]. The van der Waals surface area contributed by atoms with Crippen molar-refractivity contribution in [1.82, 2.24) is 0 Å². The fraction of sp³-hybridized carbons (Fsp3) is 0.629. The van der Waals surface area contributed by atoms with Gasteiger partial charge in [-0.15, -0.1) is 44.4 Å². The first kappa shape index (κ1) is 33.2. The molecule has 0 aliphatic heterocycles. The van der Waals surface area contributed by atoms with Crippen LogP contribution in [0.2, 0.25) is 13.1 Å². The molecule has 3 aromatic rings. The van der Waals surface area contributed by atoms with Gasteiger partial charge in [0.2, 0.25) is 0 Å². The van der Waals surface area contributed by atoms with Crippen LogP contribution in [0.1, 0.15) is 124 Å². The topological polar surface area (TPSA) is 14.1 Å². The Balaban J connectivity index is 0.00000210. The smallest absolute Gasteiger partial charge is 0.662 e. The van der Waals surface area contributed by atoms with Gasteiger partial charge in [0.05, 0.1) is 0 Å². The van der Waals surface area contributed by atoms with Crippen LogP contribution in [0.4, 0.5) is 0 Å². The molecule has 3 aromatic carbocycles. The van der Waals surface area contributed by atoms with Gasteiger partial charge in [0.25, 0.3) is 0 Å². The first-order valence-corrected chi connectivity index (χ1v) is 17.6. The second-order valence-electron chi connectivity index (χ2n) is 16.6. The van der Waals surface area contributed by atoms with Gasteiger partial charge in [-0.05, 0) is 47.3 Å². The molecule has 2 aliphatic carbocycles. The van der Waals surface area contributed by atoms with E-state index in [0.717, 1.165) is 0 Å². The van der Waals surface area contributed by atoms with Crippen LogP contribution in [-0.4, -0.2) is 13.8 Å². The molecule has 4 heteroatoms. The van der Waals surface area contributed by atoms with Crippen LogP contribution in [0.3, 0.4) is 0 Å². The maximum absolute atomic E-state index is 5.58. The average Bonchev–Trinajstić information content (AvgIpc) is 3.05. The van der Waals surface area contributed by atoms with E-state index in [1.807, 2.05) is 0 Å². The van der Waals surface area contributed by atoms with Crippen LogP contribution in [0, 0.1) is 0 Å². The molecule has 0 amide bonds. The van der Waals surface area contributed by atoms with Gasteiger partial charge >= 0.3 is 37.7 Å². The summed E-state index contributed by atoms with van der Waals surface area (Å²) in [4.78, 5) is 5.58. The van der Waals surface area contributed by atoms with Crippen molar-refractivity contribution in [1.29, 1.82) is 0 Å². The van der Waals surface area contributed by atoms with E-state index in [2.05, 4.69) is 114 Å². The van der Waals surface area contributed by atoms with Gasteiger partial charge in [0.15, 0.2) is 0 Å². The molecule has 39 heavy (non-hydrogen) atoms. The summed E-state index contributed by atoms with van der Waals surface area (Å²) in [6.45, 7) is 31.5. The van der Waals surface area contributed by atoms with E-state index in [0.29, 0.717) is 0 Å². The van der Waals surface area contributed by atoms with Crippen molar-refractivity contribution in [3.8, 4) is 0 Å². The zero-order valence-corrected chi connectivity index (χ0v) is 29.1. The molecule has 0 heterocycles. The largest absolute Gasteiger partial charge is 1.00 e. The monoisotopic (exact) mass is 527 g/mol. The van der Waals surface area contributed by atoms with Gasteiger partial charge in [-0.1, -0.05) is 132 Å². The summed E-state index contributed by atoms with van der Waals surface area (Å²) in [5.41, 5.74) is 7.06. The molecular formula is C35H51Li2NSi. The predicted molar refractivity (Wildman–Crippen MR) is 168 cm³/mol. The third kappa shape index (κ3) is 5.47. The molecule has 0 unspecified atom stereocenters. The quantitative estimate of drug-likeness (QED) is 0.353. The Kier molecular flexibility index (Phi) is 8.40. The minimum absolute atomic E-state index is 0. The normalized spacial score (nSPS) is 21.1. The Morgan fingerprint density at radius 2 is 0.872 bits per heavy atom. The van der Waals surface area contributed by atoms with E-state index < -0.39 is 8.24 Å². The molecule has 0 saturated carbocycles. The van der Waals surface area contributed by atoms with E-state index in [1.54, 1.807) is 27.4 Å². The third-order valence-corrected chi connectivity index (χ3v) is 13.0. The molecule has 0 atom stereocenters. The van der Waals surface area contributed by atoms with Crippen LogP contribution in [0.15, 0.2) is 24.3 Å². The zero-order valence-electron chi connectivity index (χ0n) is 28.1. The summed E-state index contributed by atoms with van der Waals surface area (Å²) in [5, 5.41) is 7.49. The summed E-state index contributed by atoms with van der Waals surface area (Å²) in [7, 11) is -2.12. The van der Waals surface area contributed by atoms with E-state index in [4.69, 9.17) is 4.98 Å². The maximum atomic E-state index is 5.58. The van der Waals surface area contributed by atoms with E-state index in [9.17, 15) is 0 Å². The number of fused-ring (bicyclic) bond motifs is 5. The Morgan fingerprint density at radius 1 is 0.590 bits per heavy atom. The average molecular weight is 528 g/mol. The van der Waals surface area contributed by atoms with Gasteiger partial charge in [-0.25, -0.2) is 0 Å². The molecule has 2 aliphatic rings. The fourth-order valence-electron chi connectivity index (χ4n) is 7.79. The minimum atomic E-state index is -2.12. The number of nitrogens with zero attached hydrogens (tertiary/aromatic N) is 1. The zero-order chi connectivity index (χ0) is 27.6. The predicted octanol–water partition coefficient (Wildman–Crippen LogP) is 4.00. The van der Waals surface area contributed by atoms with Crippen LogP contribution in [0.25, 0.3) is 26.5 Å². The second-order valence-corrected chi connectivity index (χ2v) is 20.5. The van der Waals surface area contributed by atoms with Crippen molar-refractivity contribution < 1.29 is 37.7 Å². The van der Waals surface area contributed by atoms with Crippen molar-refractivity contribution in [2.45, 2.75) is 142 Å². The Morgan fingerprint density at radius 3 is 1.15 bits per heavy atom. The molecule has 0 bridgehead atoms. The number of hydrogen-bond acceptors (Lipinski definition) is 0. The van der Waals surface area contributed by atoms with Crippen molar-refractivity contribution in [2.75, 3.05) is 0 Å². The van der Waals surface area contributed by atoms with E-state index >= 15 is 0 Å². The van der Waals surface area contributed by atoms with Gasteiger partial charge in [0, 0.05) is 0 Å². The van der Waals surface area contributed by atoms with Gasteiger partial charge in [-0.3, -0.25) is 0 Å². The maximum Gasteiger partial charge on any atom is 1.00 e. The molecule has 0 N–H and O–H groups in total. The van der Waals surface area contributed by atoms with Crippen molar-refractivity contribution in [3.63, 3.8) is 0 Å². The second kappa shape index (κ2) is 9.87. The summed E-state index contributed by atoms with van der Waals surface area (Å²) in [6.07, 6.45) is 5.00. The van der Waals surface area contributed by atoms with E-state index in [-0.39, 0.29) is 64.9 Å². The van der Waals surface area contributed by atoms with Crippen molar-refractivity contribution >= 4 is 35.0 Å². The molecule has 0 fully saturated rings. The van der Waals surface area contributed by atoms with Gasteiger partial charge < -0.3 is 4.98 Å². The molecule has 0 spiro atoms. The summed E-state index contributed by atoms with van der Waals surface area (Å²) >= 11 is 0. The first-order valence-electron chi connectivity index (χ1n) is 14.7. The van der Waals surface area contributed by atoms with Crippen LogP contribution < -0.4 is 42.9 Å². The summed E-state index contributed by atoms with van der Waals surface area (Å²) < 4.78 is 0. The summed E-state index contributed by atoms with van der Waals surface area (Å²) in [5.74, 6) is 0. The van der Waals surface area contributed by atoms with E-state index in [1.165, 1.54) is 47.2 Å². The molecule has 0 radical (unpaired) electrons. The fourth-order valence-corrected chi connectivity index (χ4v) is 11.3. The van der Waals surface area contributed by atoms with Crippen LogP contribution in [0.5, 0.6) is 0 Å². The molecule has 0 aromatic heterocycles. The molecular weight excluding hydrogens is 476 g/mol. The van der Waals surface area contributed by atoms with Crippen molar-refractivity contribution in [2.24, 2.45) is 0 Å². The van der Waals surface area contributed by atoms with Crippen molar-refractivity contribution in [3.05, 3.63) is 51.5 Å². The van der Waals surface area contributed by atoms with Gasteiger partial charge in [-0.2, -0.15) is 0 Å². The molecule has 1 nitrogen and oxygen atoms in total. The Bertz CT molecular complexity index is 1320. The molecule has 5 rings (SSSR count). The minimum Gasteiger partial charge on any atom is -0.662 e. The number of hydrogen-bond donors (Lipinski definition) is 0. The van der Waals surface area contributed by atoms with Crippen LogP contribution >= 0.6 is 0 Å². The summed E-state index contributed by atoms with van der Waals surface area (Å²) in [6, 6.07) is 10.5. The number of rotatable bonds is 2. The standard InChI is InChI=1S/C35H51NSi.2Li/c1-31(2,3)36-37(12,13)30-24-20-28-26(32(4,5)14-16-34(28,8)9)18-22(24)23-19-27-29(21-25(23)30)35(10,11)17-15-33(27,6)7;;/h18-21H,14-17H2,1-13H3;;/q-2;2*+1. The molecule has 202 valence electrons. The Labute approximate surface area is 264 Å². The van der Waals surface area contributed by atoms with Gasteiger partial charge in [0.1, 0.15) is 0 Å². The Hall–Kier alpha value is -0.318.